The fourth-order valence-electron chi connectivity index (χ4n) is 2.97. The minimum atomic E-state index is -0.663. The summed E-state index contributed by atoms with van der Waals surface area (Å²) in [7, 11) is 0. The van der Waals surface area contributed by atoms with Crippen LogP contribution in [0.5, 0.6) is 0 Å². The zero-order chi connectivity index (χ0) is 14.0. The molecule has 1 aliphatic carbocycles. The van der Waals surface area contributed by atoms with E-state index < -0.39 is 6.10 Å². The van der Waals surface area contributed by atoms with E-state index in [4.69, 9.17) is 4.74 Å². The second kappa shape index (κ2) is 5.88. The minimum absolute atomic E-state index is 0.0198. The van der Waals surface area contributed by atoms with Gasteiger partial charge in [-0.05, 0) is 25.3 Å². The van der Waals surface area contributed by atoms with Crippen LogP contribution in [0, 0.1) is 11.8 Å². The Bertz CT molecular complexity index is 410. The highest BCUT2D eigenvalue weighted by Crippen LogP contribution is 2.36. The Morgan fingerprint density at radius 3 is 2.89 bits per heavy atom. The van der Waals surface area contributed by atoms with E-state index in [-0.39, 0.29) is 30.5 Å². The molecule has 0 bridgehead atoms. The number of hydrogen-bond acceptors (Lipinski definition) is 4. The third kappa shape index (κ3) is 3.07. The summed E-state index contributed by atoms with van der Waals surface area (Å²) in [5.41, 5.74) is 1.99. The number of esters is 1. The molecular formula is C15H22O4. The maximum Gasteiger partial charge on any atom is 0.309 e. The molecule has 1 unspecified atom stereocenters. The van der Waals surface area contributed by atoms with E-state index in [1.165, 1.54) is 0 Å². The van der Waals surface area contributed by atoms with Crippen LogP contribution < -0.4 is 0 Å². The molecule has 1 saturated heterocycles. The molecule has 4 atom stereocenters. The first-order valence-corrected chi connectivity index (χ1v) is 6.87. The highest BCUT2D eigenvalue weighted by atomic mass is 16.6. The summed E-state index contributed by atoms with van der Waals surface area (Å²) in [4.78, 5) is 11.7. The van der Waals surface area contributed by atoms with E-state index in [2.05, 4.69) is 0 Å². The number of ether oxygens (including phenoxy) is 1. The Hall–Kier alpha value is -1.13. The van der Waals surface area contributed by atoms with Gasteiger partial charge in [0.1, 0.15) is 6.10 Å². The van der Waals surface area contributed by atoms with Gasteiger partial charge in [0.25, 0.3) is 0 Å². The minimum Gasteiger partial charge on any atom is -0.461 e. The standard InChI is InChI=1S/C15H22O4/c1-9-4-3-5-11(8-16)7-13-14(12(17)6-9)10(2)15(18)19-13/h5-6,10,12-14,16-17H,3-4,7-8H2,1-2H3/b9-6-,11-5+/t10?,12-,13+,14+/m1/s1. The van der Waals surface area contributed by atoms with Crippen molar-refractivity contribution >= 4 is 5.97 Å². The van der Waals surface area contributed by atoms with Gasteiger partial charge in [-0.3, -0.25) is 4.79 Å². The van der Waals surface area contributed by atoms with Crippen LogP contribution in [-0.4, -0.2) is 35.0 Å². The van der Waals surface area contributed by atoms with E-state index in [1.54, 1.807) is 6.92 Å². The van der Waals surface area contributed by atoms with Crippen molar-refractivity contribution in [1.29, 1.82) is 0 Å². The number of aliphatic hydroxyl groups is 2. The maximum atomic E-state index is 11.7. The monoisotopic (exact) mass is 266 g/mol. The van der Waals surface area contributed by atoms with Crippen LogP contribution in [0.3, 0.4) is 0 Å². The molecule has 1 aliphatic heterocycles. The van der Waals surface area contributed by atoms with Crippen molar-refractivity contribution in [2.75, 3.05) is 6.61 Å². The number of hydrogen-bond donors (Lipinski definition) is 2. The molecule has 2 N–H and O–H groups in total. The molecule has 0 amide bonds. The van der Waals surface area contributed by atoms with Crippen molar-refractivity contribution in [2.24, 2.45) is 11.8 Å². The van der Waals surface area contributed by atoms with E-state index in [1.807, 2.05) is 19.1 Å². The second-order valence-corrected chi connectivity index (χ2v) is 5.61. The molecule has 0 saturated carbocycles. The SMILES string of the molecule is C/C1=C/[C@@H](O)[C@@H]2C(C)C(=O)O[C@H]2C/C(CO)=C\CC1. The number of fused-ring (bicyclic) bond motifs is 1. The third-order valence-corrected chi connectivity index (χ3v) is 4.13. The molecular weight excluding hydrogens is 244 g/mol. The Labute approximate surface area is 113 Å². The van der Waals surface area contributed by atoms with Crippen molar-refractivity contribution in [3.63, 3.8) is 0 Å². The van der Waals surface area contributed by atoms with Gasteiger partial charge >= 0.3 is 5.97 Å². The lowest BCUT2D eigenvalue weighted by molar-refractivity contribution is -0.143. The molecule has 0 aromatic rings. The lowest BCUT2D eigenvalue weighted by atomic mass is 9.82. The van der Waals surface area contributed by atoms with Crippen LogP contribution in [0.2, 0.25) is 0 Å². The molecule has 0 spiro atoms. The number of rotatable bonds is 1. The molecule has 0 aromatic heterocycles. The normalized spacial score (nSPS) is 41.6. The number of aliphatic hydroxyl groups excluding tert-OH is 2. The Morgan fingerprint density at radius 2 is 2.21 bits per heavy atom. The average molecular weight is 266 g/mol. The molecule has 2 aliphatic rings. The fraction of sp³-hybridized carbons (Fsp3) is 0.667. The molecule has 2 rings (SSSR count). The van der Waals surface area contributed by atoms with E-state index in [9.17, 15) is 15.0 Å². The smallest absolute Gasteiger partial charge is 0.309 e. The highest BCUT2D eigenvalue weighted by molar-refractivity contribution is 5.75. The van der Waals surface area contributed by atoms with Gasteiger partial charge in [-0.15, -0.1) is 0 Å². The molecule has 0 radical (unpaired) electrons. The number of allylic oxidation sites excluding steroid dienone is 2. The average Bonchev–Trinajstić information content (AvgIpc) is 2.63. The van der Waals surface area contributed by atoms with Gasteiger partial charge in [0.05, 0.1) is 18.6 Å². The zero-order valence-electron chi connectivity index (χ0n) is 11.5. The summed E-state index contributed by atoms with van der Waals surface area (Å²) in [5.74, 6) is -0.782. The Balaban J connectivity index is 2.30. The summed E-state index contributed by atoms with van der Waals surface area (Å²) < 4.78 is 5.37. The van der Waals surface area contributed by atoms with E-state index in [0.717, 1.165) is 24.0 Å². The van der Waals surface area contributed by atoms with Crippen LogP contribution in [0.1, 0.15) is 33.1 Å². The third-order valence-electron chi connectivity index (χ3n) is 4.13. The summed E-state index contributed by atoms with van der Waals surface area (Å²) >= 11 is 0. The Morgan fingerprint density at radius 1 is 1.47 bits per heavy atom. The van der Waals surface area contributed by atoms with Crippen molar-refractivity contribution in [3.8, 4) is 0 Å². The summed E-state index contributed by atoms with van der Waals surface area (Å²) in [5, 5.41) is 19.7. The molecule has 106 valence electrons. The van der Waals surface area contributed by atoms with Crippen molar-refractivity contribution in [1.82, 2.24) is 0 Å². The highest BCUT2D eigenvalue weighted by Gasteiger charge is 2.45. The maximum absolute atomic E-state index is 11.7. The van der Waals surface area contributed by atoms with Crippen LogP contribution >= 0.6 is 0 Å². The van der Waals surface area contributed by atoms with Gasteiger partial charge in [0.15, 0.2) is 0 Å². The summed E-state index contributed by atoms with van der Waals surface area (Å²) in [6.45, 7) is 3.76. The van der Waals surface area contributed by atoms with Gasteiger partial charge in [-0.2, -0.15) is 0 Å². The molecule has 4 heteroatoms. The second-order valence-electron chi connectivity index (χ2n) is 5.61. The molecule has 0 aromatic carbocycles. The van der Waals surface area contributed by atoms with Crippen molar-refractivity contribution in [2.45, 2.75) is 45.3 Å². The molecule has 1 heterocycles. The van der Waals surface area contributed by atoms with Gasteiger partial charge in [0, 0.05) is 12.3 Å². The van der Waals surface area contributed by atoms with Crippen molar-refractivity contribution in [3.05, 3.63) is 23.3 Å². The molecule has 4 nitrogen and oxygen atoms in total. The van der Waals surface area contributed by atoms with Gasteiger partial charge < -0.3 is 14.9 Å². The lowest BCUT2D eigenvalue weighted by Gasteiger charge is -2.24. The van der Waals surface area contributed by atoms with Crippen LogP contribution in [0.25, 0.3) is 0 Å². The first kappa shape index (κ1) is 14.3. The van der Waals surface area contributed by atoms with Gasteiger partial charge in [-0.1, -0.05) is 24.6 Å². The predicted molar refractivity (Wildman–Crippen MR) is 71.3 cm³/mol. The first-order chi connectivity index (χ1) is 9.02. The van der Waals surface area contributed by atoms with E-state index >= 15 is 0 Å². The fourth-order valence-corrected chi connectivity index (χ4v) is 2.97. The first-order valence-electron chi connectivity index (χ1n) is 6.87. The van der Waals surface area contributed by atoms with Crippen LogP contribution in [0.4, 0.5) is 0 Å². The topological polar surface area (TPSA) is 66.8 Å². The Kier molecular flexibility index (Phi) is 4.42. The number of carbonyl (C=O) groups is 1. The lowest BCUT2D eigenvalue weighted by Crippen LogP contribution is -2.31. The summed E-state index contributed by atoms with van der Waals surface area (Å²) in [6.07, 6.45) is 5.08. The van der Waals surface area contributed by atoms with Gasteiger partial charge in [0.2, 0.25) is 0 Å². The van der Waals surface area contributed by atoms with Gasteiger partial charge in [-0.25, -0.2) is 0 Å². The molecule has 19 heavy (non-hydrogen) atoms. The predicted octanol–water partition coefficient (Wildman–Crippen LogP) is 1.57. The van der Waals surface area contributed by atoms with Crippen LogP contribution in [-0.2, 0) is 9.53 Å². The summed E-state index contributed by atoms with van der Waals surface area (Å²) in [6, 6.07) is 0. The van der Waals surface area contributed by atoms with Crippen LogP contribution in [0.15, 0.2) is 23.3 Å². The zero-order valence-corrected chi connectivity index (χ0v) is 11.5. The molecule has 1 fully saturated rings. The largest absolute Gasteiger partial charge is 0.461 e. The van der Waals surface area contributed by atoms with Crippen molar-refractivity contribution < 1.29 is 19.7 Å². The van der Waals surface area contributed by atoms with E-state index in [0.29, 0.717) is 6.42 Å². The quantitative estimate of drug-likeness (QED) is 0.558. The number of carbonyl (C=O) groups excluding carboxylic acids is 1.